The molecule has 26 heavy (non-hydrogen) atoms. The summed E-state index contributed by atoms with van der Waals surface area (Å²) in [6.07, 6.45) is 4.81. The molecule has 136 valence electrons. The third-order valence-corrected chi connectivity index (χ3v) is 5.93. The van der Waals surface area contributed by atoms with Crippen LogP contribution in [0.1, 0.15) is 35.8 Å². The summed E-state index contributed by atoms with van der Waals surface area (Å²) in [5.74, 6) is -0.102. The Kier molecular flexibility index (Phi) is 4.63. The Bertz CT molecular complexity index is 931. The Balaban J connectivity index is 1.49. The Hall–Kier alpha value is -2.41. The van der Waals surface area contributed by atoms with Crippen LogP contribution >= 0.6 is 11.3 Å². The summed E-state index contributed by atoms with van der Waals surface area (Å²) in [7, 11) is 1.82. The molecule has 0 aliphatic carbocycles. The average Bonchev–Trinajstić information content (AvgIpc) is 3.28. The molecule has 0 radical (unpaired) electrons. The quantitative estimate of drug-likeness (QED) is 0.768. The van der Waals surface area contributed by atoms with Crippen molar-refractivity contribution in [2.45, 2.75) is 32.2 Å². The zero-order chi connectivity index (χ0) is 18.1. The lowest BCUT2D eigenvalue weighted by Gasteiger charge is -2.32. The first-order valence-electron chi connectivity index (χ1n) is 9.08. The second kappa shape index (κ2) is 7.07. The molecular weight excluding hydrogens is 346 g/mol. The smallest absolute Gasteiger partial charge is 0.272 e. The first-order valence-corrected chi connectivity index (χ1v) is 9.89. The maximum atomic E-state index is 12.4. The number of aryl methyl sites for hydroxylation is 2. The standard InChI is InChI=1S/C19H23N5OS/c1-3-13-6-4-8-16-17(13)21-19(26-16)24-10-5-7-14(12-24)20-18(25)15-9-11-23(2)22-15/h4,6,8-9,11,14H,3,5,7,10,12H2,1-2H3,(H,20,25). The van der Waals surface area contributed by atoms with Crippen LogP contribution in [0.25, 0.3) is 10.2 Å². The topological polar surface area (TPSA) is 63.1 Å². The predicted molar refractivity (Wildman–Crippen MR) is 105 cm³/mol. The van der Waals surface area contributed by atoms with Crippen molar-refractivity contribution in [2.75, 3.05) is 18.0 Å². The molecule has 4 rings (SSSR count). The minimum absolute atomic E-state index is 0.102. The van der Waals surface area contributed by atoms with Crippen molar-refractivity contribution < 1.29 is 4.79 Å². The van der Waals surface area contributed by atoms with Crippen LogP contribution in [0.3, 0.4) is 0 Å². The molecule has 1 saturated heterocycles. The van der Waals surface area contributed by atoms with Gasteiger partial charge < -0.3 is 10.2 Å². The van der Waals surface area contributed by atoms with Crippen LogP contribution in [0.15, 0.2) is 30.5 Å². The van der Waals surface area contributed by atoms with E-state index in [1.54, 1.807) is 28.3 Å². The number of carbonyl (C=O) groups excluding carboxylic acids is 1. The molecule has 3 heterocycles. The number of aromatic nitrogens is 3. The number of hydrogen-bond acceptors (Lipinski definition) is 5. The number of nitrogens with zero attached hydrogens (tertiary/aromatic N) is 4. The summed E-state index contributed by atoms with van der Waals surface area (Å²) >= 11 is 1.74. The Morgan fingerprint density at radius 1 is 1.38 bits per heavy atom. The number of piperidine rings is 1. The molecule has 1 unspecified atom stereocenters. The molecule has 0 saturated carbocycles. The molecule has 1 fully saturated rings. The van der Waals surface area contributed by atoms with Crippen LogP contribution in [0.2, 0.25) is 0 Å². The fourth-order valence-corrected chi connectivity index (χ4v) is 4.53. The highest BCUT2D eigenvalue weighted by molar-refractivity contribution is 7.22. The minimum atomic E-state index is -0.102. The lowest BCUT2D eigenvalue weighted by molar-refractivity contribution is 0.0927. The van der Waals surface area contributed by atoms with Crippen molar-refractivity contribution in [1.29, 1.82) is 0 Å². The number of amides is 1. The maximum absolute atomic E-state index is 12.4. The van der Waals surface area contributed by atoms with Gasteiger partial charge in [-0.3, -0.25) is 9.48 Å². The van der Waals surface area contributed by atoms with Gasteiger partial charge in [0.2, 0.25) is 0 Å². The molecule has 1 amide bonds. The van der Waals surface area contributed by atoms with E-state index >= 15 is 0 Å². The van der Waals surface area contributed by atoms with E-state index in [0.717, 1.165) is 43.0 Å². The number of para-hydroxylation sites is 1. The SMILES string of the molecule is CCc1cccc2sc(N3CCCC(NC(=O)c4ccn(C)n4)C3)nc12. The van der Waals surface area contributed by atoms with Gasteiger partial charge in [-0.15, -0.1) is 0 Å². The van der Waals surface area contributed by atoms with Crippen LogP contribution in [-0.4, -0.2) is 39.8 Å². The third kappa shape index (κ3) is 3.31. The summed E-state index contributed by atoms with van der Waals surface area (Å²) in [5, 5.41) is 8.36. The number of rotatable bonds is 4. The number of fused-ring (bicyclic) bond motifs is 1. The monoisotopic (exact) mass is 369 g/mol. The number of nitrogens with one attached hydrogen (secondary N) is 1. The molecule has 1 atom stereocenters. The van der Waals surface area contributed by atoms with Crippen LogP contribution < -0.4 is 10.2 Å². The largest absolute Gasteiger partial charge is 0.346 e. The van der Waals surface area contributed by atoms with Gasteiger partial charge in [-0.1, -0.05) is 30.4 Å². The number of benzene rings is 1. The van der Waals surface area contributed by atoms with Crippen LogP contribution in [0.4, 0.5) is 5.13 Å². The molecule has 0 spiro atoms. The van der Waals surface area contributed by atoms with E-state index < -0.39 is 0 Å². The van der Waals surface area contributed by atoms with Gasteiger partial charge in [-0.2, -0.15) is 5.10 Å². The van der Waals surface area contributed by atoms with Gasteiger partial charge in [0, 0.05) is 32.4 Å². The molecule has 1 N–H and O–H groups in total. The highest BCUT2D eigenvalue weighted by atomic mass is 32.1. The van der Waals surface area contributed by atoms with Gasteiger partial charge in [0.25, 0.3) is 5.91 Å². The van der Waals surface area contributed by atoms with Gasteiger partial charge in [-0.25, -0.2) is 4.98 Å². The number of thiazole rings is 1. The zero-order valence-electron chi connectivity index (χ0n) is 15.1. The molecule has 2 aromatic heterocycles. The molecule has 1 aliphatic rings. The summed E-state index contributed by atoms with van der Waals surface area (Å²) in [6.45, 7) is 3.94. The van der Waals surface area contributed by atoms with Gasteiger partial charge in [0.05, 0.1) is 10.2 Å². The first kappa shape index (κ1) is 17.0. The zero-order valence-corrected chi connectivity index (χ0v) is 15.9. The predicted octanol–water partition coefficient (Wildman–Crippen LogP) is 2.99. The van der Waals surface area contributed by atoms with Crippen molar-refractivity contribution in [2.24, 2.45) is 7.05 Å². The summed E-state index contributed by atoms with van der Waals surface area (Å²) in [5.41, 5.74) is 2.88. The molecule has 7 heteroatoms. The van der Waals surface area contributed by atoms with Crippen molar-refractivity contribution >= 4 is 32.6 Å². The van der Waals surface area contributed by atoms with E-state index in [1.165, 1.54) is 10.3 Å². The molecule has 6 nitrogen and oxygen atoms in total. The number of anilines is 1. The van der Waals surface area contributed by atoms with E-state index in [4.69, 9.17) is 4.98 Å². The van der Waals surface area contributed by atoms with E-state index in [2.05, 4.69) is 40.4 Å². The van der Waals surface area contributed by atoms with E-state index in [9.17, 15) is 4.79 Å². The third-order valence-electron chi connectivity index (χ3n) is 4.85. The summed E-state index contributed by atoms with van der Waals surface area (Å²) in [6, 6.07) is 8.26. The number of carbonyl (C=O) groups is 1. The molecule has 1 aromatic carbocycles. The Morgan fingerprint density at radius 2 is 2.27 bits per heavy atom. The lowest BCUT2D eigenvalue weighted by Crippen LogP contribution is -2.47. The average molecular weight is 369 g/mol. The van der Waals surface area contributed by atoms with Gasteiger partial charge in [-0.05, 0) is 37.0 Å². The molecule has 0 bridgehead atoms. The van der Waals surface area contributed by atoms with Crippen molar-refractivity contribution in [3.63, 3.8) is 0 Å². The van der Waals surface area contributed by atoms with Gasteiger partial charge in [0.15, 0.2) is 5.13 Å². The van der Waals surface area contributed by atoms with E-state index in [0.29, 0.717) is 5.69 Å². The summed E-state index contributed by atoms with van der Waals surface area (Å²) < 4.78 is 2.88. The second-order valence-electron chi connectivity index (χ2n) is 6.75. The number of hydrogen-bond donors (Lipinski definition) is 1. The van der Waals surface area contributed by atoms with Crippen LogP contribution in [0.5, 0.6) is 0 Å². The van der Waals surface area contributed by atoms with E-state index in [1.807, 2.05) is 7.05 Å². The first-order chi connectivity index (χ1) is 12.6. The lowest BCUT2D eigenvalue weighted by atomic mass is 10.1. The minimum Gasteiger partial charge on any atom is -0.346 e. The van der Waals surface area contributed by atoms with Crippen LogP contribution in [-0.2, 0) is 13.5 Å². The summed E-state index contributed by atoms with van der Waals surface area (Å²) in [4.78, 5) is 19.6. The fraction of sp³-hybridized carbons (Fsp3) is 0.421. The molecule has 3 aromatic rings. The van der Waals surface area contributed by atoms with Crippen molar-refractivity contribution in [1.82, 2.24) is 20.1 Å². The fourth-order valence-electron chi connectivity index (χ4n) is 3.48. The second-order valence-corrected chi connectivity index (χ2v) is 7.76. The highest BCUT2D eigenvalue weighted by Crippen LogP contribution is 2.32. The molecule has 1 aliphatic heterocycles. The van der Waals surface area contributed by atoms with Crippen LogP contribution in [0, 0.1) is 0 Å². The van der Waals surface area contributed by atoms with Gasteiger partial charge >= 0.3 is 0 Å². The van der Waals surface area contributed by atoms with Crippen molar-refractivity contribution in [3.05, 3.63) is 41.7 Å². The van der Waals surface area contributed by atoms with Crippen molar-refractivity contribution in [3.8, 4) is 0 Å². The Morgan fingerprint density at radius 3 is 3.04 bits per heavy atom. The Labute approximate surface area is 156 Å². The van der Waals surface area contributed by atoms with E-state index in [-0.39, 0.29) is 11.9 Å². The van der Waals surface area contributed by atoms with Gasteiger partial charge in [0.1, 0.15) is 5.69 Å². The maximum Gasteiger partial charge on any atom is 0.272 e. The molecular formula is C19H23N5OS. The highest BCUT2D eigenvalue weighted by Gasteiger charge is 2.24. The normalized spacial score (nSPS) is 17.6.